The maximum atomic E-state index is 13.0. The van der Waals surface area contributed by atoms with Crippen molar-refractivity contribution < 1.29 is 14.3 Å². The Morgan fingerprint density at radius 1 is 1.09 bits per heavy atom. The number of methoxy groups -OCH3 is 1. The first-order valence-electron chi connectivity index (χ1n) is 11.2. The zero-order valence-electron chi connectivity index (χ0n) is 20.5. The maximum Gasteiger partial charge on any atom is 0.339 e. The highest BCUT2D eigenvalue weighted by atomic mass is 79.9. The average molecular weight is 557 g/mol. The molecule has 6 nitrogen and oxygen atoms in total. The number of carbonyl (C=O) groups is 1. The third-order valence-electron chi connectivity index (χ3n) is 5.62. The molecule has 2 aromatic heterocycles. The number of benzene rings is 2. The van der Waals surface area contributed by atoms with Gasteiger partial charge in [0.1, 0.15) is 5.69 Å². The number of nitrogens with zero attached hydrogens (tertiary/aromatic N) is 2. The fourth-order valence-corrected chi connectivity index (χ4v) is 4.57. The summed E-state index contributed by atoms with van der Waals surface area (Å²) in [7, 11) is 1.37. The van der Waals surface area contributed by atoms with Crippen molar-refractivity contribution in [2.75, 3.05) is 7.11 Å². The summed E-state index contributed by atoms with van der Waals surface area (Å²) in [4.78, 5) is 26.0. The van der Waals surface area contributed by atoms with E-state index in [-0.39, 0.29) is 0 Å². The third-order valence-corrected chi connectivity index (χ3v) is 6.38. The maximum absolute atomic E-state index is 13.0. The van der Waals surface area contributed by atoms with Crippen LogP contribution in [0, 0.1) is 13.8 Å². The zero-order chi connectivity index (χ0) is 25.5. The normalized spacial score (nSPS) is 12.7. The Labute approximate surface area is 218 Å². The summed E-state index contributed by atoms with van der Waals surface area (Å²) in [5.41, 5.74) is 5.70. The first-order chi connectivity index (χ1) is 16.5. The molecule has 0 saturated carbocycles. The number of H-pyrrole nitrogens is 1. The summed E-state index contributed by atoms with van der Waals surface area (Å²) in [6.07, 6.45) is -0.951. The number of aromatic amines is 1. The molecule has 0 aliphatic heterocycles. The molecule has 1 atom stereocenters. The van der Waals surface area contributed by atoms with E-state index in [1.807, 2.05) is 71.0 Å². The molecule has 0 aliphatic rings. The fraction of sp³-hybridized carbons (Fsp3) is 0.296. The van der Waals surface area contributed by atoms with Gasteiger partial charge in [-0.3, -0.25) is 0 Å². The van der Waals surface area contributed by atoms with E-state index in [1.165, 1.54) is 7.11 Å². The van der Waals surface area contributed by atoms with Gasteiger partial charge in [-0.15, -0.1) is 0 Å². The van der Waals surface area contributed by atoms with Crippen molar-refractivity contribution in [3.63, 3.8) is 0 Å². The number of halogens is 2. The standard InChI is InChI=1S/C27H27BrClN3O3/c1-14-21(16-7-9-17(28)10-8-16)22(24(26(33)34-6)35-27(3,4)5)15(2)30-23(14)25-31-19-12-11-18(29)13-20(19)32-25/h7-13,24H,1-6H3,(H,31,32)/t24-/m0/s1. The third kappa shape index (κ3) is 5.27. The van der Waals surface area contributed by atoms with Crippen molar-refractivity contribution in [1.29, 1.82) is 0 Å². The Hall–Kier alpha value is -2.74. The van der Waals surface area contributed by atoms with Gasteiger partial charge in [-0.1, -0.05) is 39.7 Å². The molecule has 35 heavy (non-hydrogen) atoms. The van der Waals surface area contributed by atoms with Crippen LogP contribution in [-0.4, -0.2) is 33.6 Å². The number of hydrogen-bond acceptors (Lipinski definition) is 5. The van der Waals surface area contributed by atoms with Crippen LogP contribution in [0.3, 0.4) is 0 Å². The molecular formula is C27H27BrClN3O3. The molecule has 0 fully saturated rings. The summed E-state index contributed by atoms with van der Waals surface area (Å²) in [5, 5.41) is 0.625. The average Bonchev–Trinajstić information content (AvgIpc) is 3.21. The lowest BCUT2D eigenvalue weighted by atomic mass is 9.89. The van der Waals surface area contributed by atoms with E-state index in [9.17, 15) is 4.79 Å². The molecule has 0 amide bonds. The predicted octanol–water partition coefficient (Wildman–Crippen LogP) is 7.35. The van der Waals surface area contributed by atoms with Gasteiger partial charge in [0.25, 0.3) is 0 Å². The lowest BCUT2D eigenvalue weighted by Crippen LogP contribution is -2.29. The molecular weight excluding hydrogens is 530 g/mol. The van der Waals surface area contributed by atoms with Crippen LogP contribution in [0.25, 0.3) is 33.7 Å². The number of pyridine rings is 1. The number of imidazole rings is 1. The highest BCUT2D eigenvalue weighted by Gasteiger charge is 2.34. The highest BCUT2D eigenvalue weighted by Crippen LogP contribution is 2.40. The molecule has 0 unspecified atom stereocenters. The van der Waals surface area contributed by atoms with Gasteiger partial charge < -0.3 is 14.5 Å². The number of rotatable bonds is 5. The minimum absolute atomic E-state index is 0.478. The van der Waals surface area contributed by atoms with Crippen molar-refractivity contribution in [2.24, 2.45) is 0 Å². The predicted molar refractivity (Wildman–Crippen MR) is 143 cm³/mol. The van der Waals surface area contributed by atoms with Gasteiger partial charge in [0.15, 0.2) is 11.9 Å². The van der Waals surface area contributed by atoms with Crippen LogP contribution in [0.15, 0.2) is 46.9 Å². The minimum atomic E-state index is -0.951. The van der Waals surface area contributed by atoms with Crippen molar-refractivity contribution in [1.82, 2.24) is 15.0 Å². The number of hydrogen-bond donors (Lipinski definition) is 1. The number of fused-ring (bicyclic) bond motifs is 1. The fourth-order valence-electron chi connectivity index (χ4n) is 4.13. The molecule has 8 heteroatoms. The quantitative estimate of drug-likeness (QED) is 0.260. The zero-order valence-corrected chi connectivity index (χ0v) is 22.8. The van der Waals surface area contributed by atoms with E-state index in [2.05, 4.69) is 20.9 Å². The Morgan fingerprint density at radius 3 is 2.40 bits per heavy atom. The number of ether oxygens (including phenoxy) is 2. The van der Waals surface area contributed by atoms with Gasteiger partial charge in [0.2, 0.25) is 0 Å². The van der Waals surface area contributed by atoms with Crippen LogP contribution in [-0.2, 0) is 14.3 Å². The monoisotopic (exact) mass is 555 g/mol. The first kappa shape index (κ1) is 25.4. The topological polar surface area (TPSA) is 77.1 Å². The van der Waals surface area contributed by atoms with E-state index < -0.39 is 17.7 Å². The van der Waals surface area contributed by atoms with Crippen LogP contribution in [0.2, 0.25) is 5.02 Å². The number of nitrogens with one attached hydrogen (secondary N) is 1. The molecule has 2 heterocycles. The van der Waals surface area contributed by atoms with Crippen molar-refractivity contribution >= 4 is 44.5 Å². The Balaban J connectivity index is 2.01. The first-order valence-corrected chi connectivity index (χ1v) is 12.3. The van der Waals surface area contributed by atoms with E-state index in [0.717, 1.165) is 32.2 Å². The lowest BCUT2D eigenvalue weighted by Gasteiger charge is -2.29. The molecule has 1 N–H and O–H groups in total. The molecule has 0 spiro atoms. The van der Waals surface area contributed by atoms with E-state index in [0.29, 0.717) is 27.8 Å². The van der Waals surface area contributed by atoms with Crippen molar-refractivity contribution in [3.05, 3.63) is 68.8 Å². The SMILES string of the molecule is COC(=O)[C@@H](OC(C)(C)C)c1c(C)nc(-c2nc3ccc(Cl)cc3[nH]2)c(C)c1-c1ccc(Br)cc1. The van der Waals surface area contributed by atoms with Crippen LogP contribution in [0.5, 0.6) is 0 Å². The minimum Gasteiger partial charge on any atom is -0.467 e. The Morgan fingerprint density at radius 2 is 1.77 bits per heavy atom. The lowest BCUT2D eigenvalue weighted by molar-refractivity contribution is -0.164. The second-order valence-corrected chi connectivity index (χ2v) is 10.7. The van der Waals surface area contributed by atoms with E-state index in [4.69, 9.17) is 31.0 Å². The number of aromatic nitrogens is 3. The van der Waals surface area contributed by atoms with Gasteiger partial charge in [-0.2, -0.15) is 0 Å². The van der Waals surface area contributed by atoms with Crippen LogP contribution < -0.4 is 0 Å². The van der Waals surface area contributed by atoms with Gasteiger partial charge in [-0.05, 0) is 81.6 Å². The smallest absolute Gasteiger partial charge is 0.339 e. The molecule has 0 radical (unpaired) electrons. The molecule has 0 saturated heterocycles. The summed E-state index contributed by atoms with van der Waals surface area (Å²) in [5.74, 6) is 0.146. The van der Waals surface area contributed by atoms with E-state index >= 15 is 0 Å². The molecule has 4 aromatic rings. The van der Waals surface area contributed by atoms with Gasteiger partial charge in [0.05, 0.1) is 23.7 Å². The number of carbonyl (C=O) groups excluding carboxylic acids is 1. The number of esters is 1. The van der Waals surface area contributed by atoms with E-state index in [1.54, 1.807) is 6.07 Å². The van der Waals surface area contributed by atoms with Crippen LogP contribution >= 0.6 is 27.5 Å². The van der Waals surface area contributed by atoms with Crippen molar-refractivity contribution in [3.8, 4) is 22.6 Å². The molecule has 0 aliphatic carbocycles. The van der Waals surface area contributed by atoms with Gasteiger partial charge >= 0.3 is 5.97 Å². The summed E-state index contributed by atoms with van der Waals surface area (Å²) in [6.45, 7) is 9.58. The Bertz CT molecular complexity index is 1410. The molecule has 4 rings (SSSR count). The highest BCUT2D eigenvalue weighted by molar-refractivity contribution is 9.10. The van der Waals surface area contributed by atoms with Crippen molar-refractivity contribution in [2.45, 2.75) is 46.3 Å². The second kappa shape index (κ2) is 9.72. The molecule has 0 bridgehead atoms. The Kier molecular flexibility index (Phi) is 7.04. The van der Waals surface area contributed by atoms with Crippen LogP contribution in [0.1, 0.15) is 43.7 Å². The van der Waals surface area contributed by atoms with Gasteiger partial charge in [0, 0.05) is 20.8 Å². The summed E-state index contributed by atoms with van der Waals surface area (Å²) < 4.78 is 12.4. The largest absolute Gasteiger partial charge is 0.467 e. The van der Waals surface area contributed by atoms with Gasteiger partial charge in [-0.25, -0.2) is 14.8 Å². The summed E-state index contributed by atoms with van der Waals surface area (Å²) >= 11 is 9.69. The number of aryl methyl sites for hydroxylation is 1. The molecule has 2 aromatic carbocycles. The summed E-state index contributed by atoms with van der Waals surface area (Å²) in [6, 6.07) is 13.5. The van der Waals surface area contributed by atoms with Crippen LogP contribution in [0.4, 0.5) is 0 Å². The molecule has 182 valence electrons. The second-order valence-electron chi connectivity index (χ2n) is 9.35.